The van der Waals surface area contributed by atoms with Gasteiger partial charge in [-0.25, -0.2) is 0 Å². The molecule has 21 heavy (non-hydrogen) atoms. The molecule has 4 nitrogen and oxygen atoms in total. The molecule has 0 radical (unpaired) electrons. The normalized spacial score (nSPS) is 17.0. The van der Waals surface area contributed by atoms with Gasteiger partial charge in [-0.3, -0.25) is 9.69 Å². The van der Waals surface area contributed by atoms with E-state index in [0.717, 1.165) is 40.7 Å². The molecule has 0 aliphatic carbocycles. The summed E-state index contributed by atoms with van der Waals surface area (Å²) in [6, 6.07) is 14.0. The van der Waals surface area contributed by atoms with Gasteiger partial charge in [0.2, 0.25) is 5.91 Å². The van der Waals surface area contributed by atoms with Crippen molar-refractivity contribution in [2.75, 3.05) is 31.6 Å². The Bertz CT molecular complexity index is 837. The molecule has 2 aromatic carbocycles. The second kappa shape index (κ2) is 4.60. The van der Waals surface area contributed by atoms with Crippen LogP contribution in [0.5, 0.6) is 0 Å². The van der Waals surface area contributed by atoms with Crippen LogP contribution in [-0.4, -0.2) is 37.5 Å². The van der Waals surface area contributed by atoms with Gasteiger partial charge in [-0.1, -0.05) is 18.2 Å². The van der Waals surface area contributed by atoms with Crippen molar-refractivity contribution in [2.45, 2.75) is 0 Å². The van der Waals surface area contributed by atoms with Crippen LogP contribution in [0.4, 0.5) is 5.69 Å². The highest BCUT2D eigenvalue weighted by Crippen LogP contribution is 2.31. The van der Waals surface area contributed by atoms with Gasteiger partial charge in [0.15, 0.2) is 0 Å². The molecule has 2 heterocycles. The highest BCUT2D eigenvalue weighted by atomic mass is 16.3. The second-order valence-corrected chi connectivity index (χ2v) is 5.56. The summed E-state index contributed by atoms with van der Waals surface area (Å²) in [6.45, 7) is 2.09. The number of piperazine rings is 1. The maximum absolute atomic E-state index is 12.2. The van der Waals surface area contributed by atoms with Gasteiger partial charge in [-0.15, -0.1) is 0 Å². The zero-order valence-corrected chi connectivity index (χ0v) is 11.9. The Morgan fingerprint density at radius 1 is 1.00 bits per heavy atom. The van der Waals surface area contributed by atoms with E-state index in [2.05, 4.69) is 6.07 Å². The van der Waals surface area contributed by atoms with E-state index in [0.29, 0.717) is 6.54 Å². The number of hydrogen-bond acceptors (Lipinski definition) is 3. The van der Waals surface area contributed by atoms with Crippen LogP contribution in [0.3, 0.4) is 0 Å². The number of amides is 1. The van der Waals surface area contributed by atoms with E-state index >= 15 is 0 Å². The Hall–Kier alpha value is -2.33. The lowest BCUT2D eigenvalue weighted by molar-refractivity contribution is -0.120. The van der Waals surface area contributed by atoms with Crippen molar-refractivity contribution in [1.82, 2.24) is 4.90 Å². The fourth-order valence-electron chi connectivity index (χ4n) is 2.95. The number of hydrogen-bond donors (Lipinski definition) is 0. The summed E-state index contributed by atoms with van der Waals surface area (Å²) >= 11 is 0. The van der Waals surface area contributed by atoms with Crippen molar-refractivity contribution >= 4 is 33.5 Å². The Balaban J connectivity index is 1.80. The minimum Gasteiger partial charge on any atom is -0.456 e. The Morgan fingerprint density at radius 3 is 2.67 bits per heavy atom. The molecule has 0 bridgehead atoms. The molecule has 0 saturated carbocycles. The van der Waals surface area contributed by atoms with Crippen molar-refractivity contribution in [3.63, 3.8) is 0 Å². The van der Waals surface area contributed by atoms with Gasteiger partial charge in [-0.05, 0) is 25.2 Å². The molecule has 1 aromatic heterocycles. The fraction of sp³-hybridized carbons (Fsp3) is 0.235. The van der Waals surface area contributed by atoms with Crippen LogP contribution in [0, 0.1) is 0 Å². The third-order valence-electron chi connectivity index (χ3n) is 4.09. The third kappa shape index (κ3) is 1.99. The van der Waals surface area contributed by atoms with E-state index in [1.165, 1.54) is 0 Å². The molecular formula is C17H16N2O2. The molecule has 3 aromatic rings. The van der Waals surface area contributed by atoms with E-state index < -0.39 is 0 Å². The zero-order valence-electron chi connectivity index (χ0n) is 11.9. The highest BCUT2D eigenvalue weighted by Gasteiger charge is 2.23. The average molecular weight is 280 g/mol. The zero-order chi connectivity index (χ0) is 14.4. The Kier molecular flexibility index (Phi) is 2.72. The van der Waals surface area contributed by atoms with Gasteiger partial charge in [0.1, 0.15) is 11.2 Å². The van der Waals surface area contributed by atoms with E-state index in [-0.39, 0.29) is 5.91 Å². The van der Waals surface area contributed by atoms with E-state index in [9.17, 15) is 4.79 Å². The second-order valence-electron chi connectivity index (χ2n) is 5.56. The molecule has 106 valence electrons. The highest BCUT2D eigenvalue weighted by molar-refractivity contribution is 6.06. The van der Waals surface area contributed by atoms with Crippen LogP contribution in [0.15, 0.2) is 46.9 Å². The van der Waals surface area contributed by atoms with Crippen LogP contribution in [0.2, 0.25) is 0 Å². The van der Waals surface area contributed by atoms with Crippen molar-refractivity contribution in [3.05, 3.63) is 42.5 Å². The summed E-state index contributed by atoms with van der Waals surface area (Å²) in [5, 5.41) is 2.21. The Morgan fingerprint density at radius 2 is 1.81 bits per heavy atom. The third-order valence-corrected chi connectivity index (χ3v) is 4.09. The van der Waals surface area contributed by atoms with Crippen molar-refractivity contribution < 1.29 is 9.21 Å². The number of carbonyl (C=O) groups excluding carboxylic acids is 1. The lowest BCUT2D eigenvalue weighted by atomic mass is 10.1. The molecule has 1 aliphatic rings. The van der Waals surface area contributed by atoms with Crippen molar-refractivity contribution in [1.29, 1.82) is 0 Å². The topological polar surface area (TPSA) is 36.7 Å². The molecule has 0 unspecified atom stereocenters. The summed E-state index contributed by atoms with van der Waals surface area (Å²) in [6.07, 6.45) is 0. The average Bonchev–Trinajstić information content (AvgIpc) is 2.84. The number of anilines is 1. The number of para-hydroxylation sites is 1. The number of benzene rings is 2. The summed E-state index contributed by atoms with van der Waals surface area (Å²) < 4.78 is 5.89. The SMILES string of the molecule is CN1CCN(c2ccc3c(c2)oc2ccccc23)C(=O)C1. The molecule has 0 N–H and O–H groups in total. The van der Waals surface area contributed by atoms with Crippen molar-refractivity contribution in [3.8, 4) is 0 Å². The molecule has 0 atom stereocenters. The molecular weight excluding hydrogens is 264 g/mol. The summed E-state index contributed by atoms with van der Waals surface area (Å²) in [5.74, 6) is 0.138. The quantitative estimate of drug-likeness (QED) is 0.687. The van der Waals surface area contributed by atoms with Gasteiger partial charge in [0, 0.05) is 35.6 Å². The molecule has 1 amide bonds. The number of likely N-dealkylation sites (N-methyl/N-ethyl adjacent to an activating group) is 1. The molecule has 4 rings (SSSR count). The summed E-state index contributed by atoms with van der Waals surface area (Å²) in [4.78, 5) is 16.0. The molecule has 4 heteroatoms. The van der Waals surface area contributed by atoms with E-state index in [4.69, 9.17) is 4.42 Å². The molecule has 1 fully saturated rings. The predicted octanol–water partition coefficient (Wildman–Crippen LogP) is 2.86. The standard InChI is InChI=1S/C17H16N2O2/c1-18-8-9-19(17(20)11-18)12-6-7-14-13-4-2-3-5-15(13)21-16(14)10-12/h2-7,10H,8-9,11H2,1H3. The van der Waals surface area contributed by atoms with Crippen LogP contribution in [-0.2, 0) is 4.79 Å². The van der Waals surface area contributed by atoms with Crippen molar-refractivity contribution in [2.24, 2.45) is 0 Å². The smallest absolute Gasteiger partial charge is 0.241 e. The largest absolute Gasteiger partial charge is 0.456 e. The maximum atomic E-state index is 12.2. The summed E-state index contributed by atoms with van der Waals surface area (Å²) in [7, 11) is 1.97. The molecule has 1 saturated heterocycles. The fourth-order valence-corrected chi connectivity index (χ4v) is 2.95. The maximum Gasteiger partial charge on any atom is 0.241 e. The van der Waals surface area contributed by atoms with Crippen LogP contribution in [0.25, 0.3) is 21.9 Å². The number of rotatable bonds is 1. The van der Waals surface area contributed by atoms with Gasteiger partial charge < -0.3 is 9.32 Å². The predicted molar refractivity (Wildman–Crippen MR) is 83.6 cm³/mol. The monoisotopic (exact) mass is 280 g/mol. The van der Waals surface area contributed by atoms with Crippen LogP contribution < -0.4 is 4.90 Å². The lowest BCUT2D eigenvalue weighted by Gasteiger charge is -2.32. The first-order valence-corrected chi connectivity index (χ1v) is 7.12. The number of carbonyl (C=O) groups is 1. The molecule has 0 spiro atoms. The van der Waals surface area contributed by atoms with Gasteiger partial charge >= 0.3 is 0 Å². The minimum absolute atomic E-state index is 0.138. The first kappa shape index (κ1) is 12.4. The van der Waals surface area contributed by atoms with Crippen LogP contribution in [0.1, 0.15) is 0 Å². The van der Waals surface area contributed by atoms with E-state index in [1.54, 1.807) is 0 Å². The van der Waals surface area contributed by atoms with Gasteiger partial charge in [-0.2, -0.15) is 0 Å². The summed E-state index contributed by atoms with van der Waals surface area (Å²) in [5.41, 5.74) is 2.63. The first-order valence-electron chi connectivity index (χ1n) is 7.12. The number of fused-ring (bicyclic) bond motifs is 3. The Labute approximate surface area is 122 Å². The molecule has 1 aliphatic heterocycles. The minimum atomic E-state index is 0.138. The van der Waals surface area contributed by atoms with Gasteiger partial charge in [0.05, 0.1) is 6.54 Å². The van der Waals surface area contributed by atoms with E-state index in [1.807, 2.05) is 53.2 Å². The van der Waals surface area contributed by atoms with Gasteiger partial charge in [0.25, 0.3) is 0 Å². The first-order chi connectivity index (χ1) is 10.2. The lowest BCUT2D eigenvalue weighted by Crippen LogP contribution is -2.48. The number of furan rings is 1. The van der Waals surface area contributed by atoms with Crippen LogP contribution >= 0.6 is 0 Å². The number of nitrogens with zero attached hydrogens (tertiary/aromatic N) is 2.